The van der Waals surface area contributed by atoms with E-state index < -0.39 is 4.92 Å². The standard InChI is InChI=1S/C18H19BrN2O4/c1-11(2)14-6-4-12(3)8-17(14)25-10-18(22)20-16-7-5-13(21(23)24)9-15(16)19/h4-9,11H,10H2,1-3H3,(H,20,22). The number of nitro benzene ring substituents is 1. The molecule has 0 atom stereocenters. The molecular formula is C18H19BrN2O4. The van der Waals surface area contributed by atoms with E-state index in [4.69, 9.17) is 4.74 Å². The van der Waals surface area contributed by atoms with Gasteiger partial charge in [-0.1, -0.05) is 26.0 Å². The number of nitrogens with zero attached hydrogens (tertiary/aromatic N) is 1. The van der Waals surface area contributed by atoms with E-state index in [0.29, 0.717) is 15.9 Å². The van der Waals surface area contributed by atoms with Crippen LogP contribution in [0.5, 0.6) is 5.75 Å². The monoisotopic (exact) mass is 406 g/mol. The summed E-state index contributed by atoms with van der Waals surface area (Å²) in [6.45, 7) is 5.94. The van der Waals surface area contributed by atoms with E-state index in [1.807, 2.05) is 25.1 Å². The molecule has 1 amide bonds. The van der Waals surface area contributed by atoms with Crippen LogP contribution in [0, 0.1) is 17.0 Å². The fourth-order valence-corrected chi connectivity index (χ4v) is 2.76. The van der Waals surface area contributed by atoms with Crippen LogP contribution in [0.1, 0.15) is 30.9 Å². The summed E-state index contributed by atoms with van der Waals surface area (Å²) in [5, 5.41) is 13.4. The lowest BCUT2D eigenvalue weighted by atomic mass is 10.0. The van der Waals surface area contributed by atoms with Crippen LogP contribution < -0.4 is 10.1 Å². The third-order valence-electron chi connectivity index (χ3n) is 3.59. The van der Waals surface area contributed by atoms with Crippen LogP contribution in [0.25, 0.3) is 0 Å². The Morgan fingerprint density at radius 2 is 2.00 bits per heavy atom. The van der Waals surface area contributed by atoms with Gasteiger partial charge in [-0.2, -0.15) is 0 Å². The Morgan fingerprint density at radius 1 is 1.28 bits per heavy atom. The maximum atomic E-state index is 12.1. The lowest BCUT2D eigenvalue weighted by molar-refractivity contribution is -0.384. The highest BCUT2D eigenvalue weighted by molar-refractivity contribution is 9.10. The van der Waals surface area contributed by atoms with Gasteiger partial charge in [0.2, 0.25) is 0 Å². The molecule has 0 unspecified atom stereocenters. The first kappa shape index (κ1) is 18.9. The Balaban J connectivity index is 2.04. The minimum atomic E-state index is -0.495. The number of aryl methyl sites for hydroxylation is 1. The number of nitro groups is 1. The first-order chi connectivity index (χ1) is 11.8. The number of hydrogen-bond donors (Lipinski definition) is 1. The number of carbonyl (C=O) groups is 1. The average Bonchev–Trinajstić information content (AvgIpc) is 2.54. The van der Waals surface area contributed by atoms with Crippen molar-refractivity contribution < 1.29 is 14.5 Å². The molecule has 0 radical (unpaired) electrons. The van der Waals surface area contributed by atoms with Crippen molar-refractivity contribution in [2.24, 2.45) is 0 Å². The number of non-ortho nitro benzene ring substituents is 1. The van der Waals surface area contributed by atoms with Crippen molar-refractivity contribution in [1.82, 2.24) is 0 Å². The number of halogens is 1. The van der Waals surface area contributed by atoms with Crippen molar-refractivity contribution in [3.8, 4) is 5.75 Å². The lowest BCUT2D eigenvalue weighted by Crippen LogP contribution is -2.21. The van der Waals surface area contributed by atoms with Crippen LogP contribution in [0.4, 0.5) is 11.4 Å². The quantitative estimate of drug-likeness (QED) is 0.551. The highest BCUT2D eigenvalue weighted by atomic mass is 79.9. The van der Waals surface area contributed by atoms with Crippen LogP contribution in [0.15, 0.2) is 40.9 Å². The van der Waals surface area contributed by atoms with Gasteiger partial charge >= 0.3 is 0 Å². The molecule has 25 heavy (non-hydrogen) atoms. The third-order valence-corrected chi connectivity index (χ3v) is 4.24. The van der Waals surface area contributed by atoms with Gasteiger partial charge in [0.15, 0.2) is 6.61 Å². The summed E-state index contributed by atoms with van der Waals surface area (Å²) in [6.07, 6.45) is 0. The van der Waals surface area contributed by atoms with Crippen LogP contribution in [0.2, 0.25) is 0 Å². The van der Waals surface area contributed by atoms with Crippen molar-refractivity contribution in [2.75, 3.05) is 11.9 Å². The van der Waals surface area contributed by atoms with Gasteiger partial charge in [0, 0.05) is 16.6 Å². The van der Waals surface area contributed by atoms with E-state index in [-0.39, 0.29) is 24.1 Å². The maximum Gasteiger partial charge on any atom is 0.270 e. The number of amides is 1. The molecule has 0 bridgehead atoms. The van der Waals surface area contributed by atoms with Crippen LogP contribution >= 0.6 is 15.9 Å². The van der Waals surface area contributed by atoms with E-state index in [1.165, 1.54) is 18.2 Å². The number of ether oxygens (including phenoxy) is 1. The van der Waals surface area contributed by atoms with Gasteiger partial charge in [0.25, 0.3) is 11.6 Å². The average molecular weight is 407 g/mol. The Bertz CT molecular complexity index is 806. The smallest absolute Gasteiger partial charge is 0.270 e. The van der Waals surface area contributed by atoms with Gasteiger partial charge in [-0.05, 0) is 52.0 Å². The summed E-state index contributed by atoms with van der Waals surface area (Å²) in [5.74, 6) is 0.626. The normalized spacial score (nSPS) is 10.6. The van der Waals surface area contributed by atoms with E-state index in [2.05, 4.69) is 35.1 Å². The van der Waals surface area contributed by atoms with Gasteiger partial charge in [-0.25, -0.2) is 0 Å². The summed E-state index contributed by atoms with van der Waals surface area (Å²) < 4.78 is 6.12. The Kier molecular flexibility index (Phi) is 6.14. The number of nitrogens with one attached hydrogen (secondary N) is 1. The minimum absolute atomic E-state index is 0.0533. The van der Waals surface area contributed by atoms with Crippen LogP contribution in [-0.4, -0.2) is 17.4 Å². The van der Waals surface area contributed by atoms with Crippen molar-refractivity contribution in [2.45, 2.75) is 26.7 Å². The molecule has 132 valence electrons. The van der Waals surface area contributed by atoms with Crippen molar-refractivity contribution >= 4 is 33.2 Å². The van der Waals surface area contributed by atoms with Gasteiger partial charge in [0.05, 0.1) is 10.6 Å². The van der Waals surface area contributed by atoms with Crippen molar-refractivity contribution in [3.05, 3.63) is 62.1 Å². The zero-order valence-corrected chi connectivity index (χ0v) is 15.8. The molecule has 2 rings (SSSR count). The van der Waals surface area contributed by atoms with Gasteiger partial charge in [-0.15, -0.1) is 0 Å². The molecule has 0 fully saturated rings. The Hall–Kier alpha value is -2.41. The molecule has 0 aliphatic rings. The zero-order valence-electron chi connectivity index (χ0n) is 14.2. The molecule has 0 aromatic heterocycles. The molecule has 1 N–H and O–H groups in total. The highest BCUT2D eigenvalue weighted by Gasteiger charge is 2.13. The molecular weight excluding hydrogens is 388 g/mol. The topological polar surface area (TPSA) is 81.5 Å². The summed E-state index contributed by atoms with van der Waals surface area (Å²) in [5.41, 5.74) is 2.49. The Morgan fingerprint density at radius 3 is 2.60 bits per heavy atom. The number of hydrogen-bond acceptors (Lipinski definition) is 4. The SMILES string of the molecule is Cc1ccc(C(C)C)c(OCC(=O)Nc2ccc([N+](=O)[O-])cc2Br)c1. The Labute approximate surface area is 154 Å². The molecule has 0 aliphatic heterocycles. The highest BCUT2D eigenvalue weighted by Crippen LogP contribution is 2.28. The zero-order chi connectivity index (χ0) is 18.6. The van der Waals surface area contributed by atoms with Gasteiger partial charge in [-0.3, -0.25) is 14.9 Å². The maximum absolute atomic E-state index is 12.1. The first-order valence-corrected chi connectivity index (χ1v) is 8.54. The van der Waals surface area contributed by atoms with E-state index in [9.17, 15) is 14.9 Å². The van der Waals surface area contributed by atoms with E-state index in [1.54, 1.807) is 0 Å². The number of benzene rings is 2. The summed E-state index contributed by atoms with van der Waals surface area (Å²) in [6, 6.07) is 10.1. The van der Waals surface area contributed by atoms with Crippen molar-refractivity contribution in [3.63, 3.8) is 0 Å². The molecule has 0 heterocycles. The fourth-order valence-electron chi connectivity index (χ4n) is 2.29. The molecule has 2 aromatic carbocycles. The minimum Gasteiger partial charge on any atom is -0.483 e. The molecule has 7 heteroatoms. The second kappa shape index (κ2) is 8.11. The fraction of sp³-hybridized carbons (Fsp3) is 0.278. The molecule has 2 aromatic rings. The van der Waals surface area contributed by atoms with Crippen molar-refractivity contribution in [1.29, 1.82) is 0 Å². The number of rotatable bonds is 6. The predicted octanol–water partition coefficient (Wildman–Crippen LogP) is 4.81. The number of carbonyl (C=O) groups excluding carboxylic acids is 1. The largest absolute Gasteiger partial charge is 0.483 e. The molecule has 0 spiro atoms. The lowest BCUT2D eigenvalue weighted by Gasteiger charge is -2.15. The summed E-state index contributed by atoms with van der Waals surface area (Å²) >= 11 is 3.22. The summed E-state index contributed by atoms with van der Waals surface area (Å²) in [7, 11) is 0. The predicted molar refractivity (Wildman–Crippen MR) is 100 cm³/mol. The third kappa shape index (κ3) is 5.03. The van der Waals surface area contributed by atoms with Crippen LogP contribution in [-0.2, 0) is 4.79 Å². The molecule has 0 saturated carbocycles. The molecule has 6 nitrogen and oxygen atoms in total. The van der Waals surface area contributed by atoms with E-state index in [0.717, 1.165) is 11.1 Å². The second-order valence-electron chi connectivity index (χ2n) is 5.95. The molecule has 0 saturated heterocycles. The summed E-state index contributed by atoms with van der Waals surface area (Å²) in [4.78, 5) is 22.4. The van der Waals surface area contributed by atoms with Gasteiger partial charge in [0.1, 0.15) is 5.75 Å². The van der Waals surface area contributed by atoms with E-state index >= 15 is 0 Å². The first-order valence-electron chi connectivity index (χ1n) is 7.75. The molecule has 0 aliphatic carbocycles. The van der Waals surface area contributed by atoms with Crippen LogP contribution in [0.3, 0.4) is 0 Å². The second-order valence-corrected chi connectivity index (χ2v) is 6.81. The van der Waals surface area contributed by atoms with Gasteiger partial charge < -0.3 is 10.1 Å². The number of anilines is 1.